The first-order valence-corrected chi connectivity index (χ1v) is 15.1. The van der Waals surface area contributed by atoms with E-state index in [1.807, 2.05) is 41.3 Å². The van der Waals surface area contributed by atoms with Crippen LogP contribution in [0, 0.1) is 0 Å². The SMILES string of the molecule is CCc1ccccc1N=C1S/C(=C/c2ccc(OCc3cccc4ccccc34)cc2)C(=O)N1C1CCCCC1. The Labute approximate surface area is 240 Å². The third-order valence-corrected chi connectivity index (χ3v) is 8.80. The number of benzene rings is 4. The summed E-state index contributed by atoms with van der Waals surface area (Å²) >= 11 is 1.50. The van der Waals surface area contributed by atoms with Crippen LogP contribution in [0.15, 0.2) is 101 Å². The van der Waals surface area contributed by atoms with E-state index in [1.165, 1.54) is 34.5 Å². The molecular weight excluding hydrogens is 512 g/mol. The lowest BCUT2D eigenvalue weighted by Crippen LogP contribution is -2.40. The van der Waals surface area contributed by atoms with Crippen LogP contribution in [0.5, 0.6) is 5.75 Å². The largest absolute Gasteiger partial charge is 0.489 e. The van der Waals surface area contributed by atoms with Crippen LogP contribution < -0.4 is 4.74 Å². The minimum absolute atomic E-state index is 0.0703. The number of carbonyl (C=O) groups is 1. The third kappa shape index (κ3) is 5.71. The van der Waals surface area contributed by atoms with Gasteiger partial charge in [-0.15, -0.1) is 0 Å². The highest BCUT2D eigenvalue weighted by atomic mass is 32.2. The number of amides is 1. The molecule has 0 radical (unpaired) electrons. The van der Waals surface area contributed by atoms with Crippen LogP contribution in [-0.4, -0.2) is 22.0 Å². The quantitative estimate of drug-likeness (QED) is 0.217. The lowest BCUT2D eigenvalue weighted by atomic mass is 9.94. The van der Waals surface area contributed by atoms with Crippen molar-refractivity contribution in [3.63, 3.8) is 0 Å². The Kier molecular flexibility index (Phi) is 8.01. The molecule has 4 nitrogen and oxygen atoms in total. The van der Waals surface area contributed by atoms with Gasteiger partial charge in [0.05, 0.1) is 10.6 Å². The molecule has 0 aromatic heterocycles. The highest BCUT2D eigenvalue weighted by Gasteiger charge is 2.38. The van der Waals surface area contributed by atoms with Crippen molar-refractivity contribution in [3.8, 4) is 5.75 Å². The van der Waals surface area contributed by atoms with Gasteiger partial charge in [-0.05, 0) is 82.8 Å². The van der Waals surface area contributed by atoms with E-state index >= 15 is 0 Å². The van der Waals surface area contributed by atoms with Gasteiger partial charge < -0.3 is 4.74 Å². The van der Waals surface area contributed by atoms with Crippen molar-refractivity contribution in [2.45, 2.75) is 58.1 Å². The predicted octanol–water partition coefficient (Wildman–Crippen LogP) is 8.92. The second-order valence-corrected chi connectivity index (χ2v) is 11.5. The summed E-state index contributed by atoms with van der Waals surface area (Å²) in [6.45, 7) is 2.65. The van der Waals surface area contributed by atoms with Crippen molar-refractivity contribution in [1.82, 2.24) is 4.90 Å². The highest BCUT2D eigenvalue weighted by molar-refractivity contribution is 8.18. The lowest BCUT2D eigenvalue weighted by molar-refractivity contribution is -0.124. The van der Waals surface area contributed by atoms with Crippen molar-refractivity contribution in [1.29, 1.82) is 0 Å². The second kappa shape index (κ2) is 12.1. The van der Waals surface area contributed by atoms with Gasteiger partial charge in [0.2, 0.25) is 0 Å². The Morgan fingerprint density at radius 3 is 2.42 bits per heavy atom. The minimum atomic E-state index is 0.0703. The molecule has 0 atom stereocenters. The molecule has 1 saturated heterocycles. The van der Waals surface area contributed by atoms with Crippen LogP contribution in [-0.2, 0) is 17.8 Å². The van der Waals surface area contributed by atoms with E-state index in [-0.39, 0.29) is 11.9 Å². The first kappa shape index (κ1) is 26.4. The van der Waals surface area contributed by atoms with Crippen molar-refractivity contribution >= 4 is 45.4 Å². The first-order valence-electron chi connectivity index (χ1n) is 14.3. The molecule has 1 aliphatic carbocycles. The maximum Gasteiger partial charge on any atom is 0.267 e. The lowest BCUT2D eigenvalue weighted by Gasteiger charge is -2.30. The Hall–Kier alpha value is -3.83. The topological polar surface area (TPSA) is 41.9 Å². The van der Waals surface area contributed by atoms with E-state index in [1.54, 1.807) is 0 Å². The Morgan fingerprint density at radius 2 is 1.60 bits per heavy atom. The summed E-state index contributed by atoms with van der Waals surface area (Å²) in [6.07, 6.45) is 8.55. The zero-order valence-corrected chi connectivity index (χ0v) is 23.7. The zero-order chi connectivity index (χ0) is 27.3. The van der Waals surface area contributed by atoms with Crippen LogP contribution in [0.4, 0.5) is 5.69 Å². The first-order chi connectivity index (χ1) is 19.7. The number of nitrogens with zero attached hydrogens (tertiary/aromatic N) is 2. The molecule has 0 spiro atoms. The van der Waals surface area contributed by atoms with E-state index in [0.717, 1.165) is 64.7 Å². The molecule has 1 saturated carbocycles. The Morgan fingerprint density at radius 1 is 0.875 bits per heavy atom. The van der Waals surface area contributed by atoms with Gasteiger partial charge >= 0.3 is 0 Å². The van der Waals surface area contributed by atoms with Crippen molar-refractivity contribution in [3.05, 3.63) is 113 Å². The molecule has 2 aliphatic rings. The summed E-state index contributed by atoms with van der Waals surface area (Å²) in [5, 5.41) is 3.23. The number of fused-ring (bicyclic) bond motifs is 1. The third-order valence-electron chi connectivity index (χ3n) is 7.82. The van der Waals surface area contributed by atoms with E-state index < -0.39 is 0 Å². The van der Waals surface area contributed by atoms with E-state index in [0.29, 0.717) is 6.61 Å². The highest BCUT2D eigenvalue weighted by Crippen LogP contribution is 2.39. The molecule has 0 N–H and O–H groups in total. The fourth-order valence-electron chi connectivity index (χ4n) is 5.64. The van der Waals surface area contributed by atoms with Gasteiger partial charge in [-0.2, -0.15) is 0 Å². The number of rotatable bonds is 7. The van der Waals surface area contributed by atoms with Crippen molar-refractivity contribution in [2.75, 3.05) is 0 Å². The standard InChI is InChI=1S/C35H34N2O2S/c1-2-26-11-7-9-18-32(26)36-35-37(29-15-4-3-5-16-29)34(38)33(40-35)23-25-19-21-30(22-20-25)39-24-28-14-10-13-27-12-6-8-17-31(27)28/h6-14,17-23,29H,2-5,15-16,24H2,1H3/b33-23+,36-35?. The maximum absolute atomic E-state index is 13.7. The smallest absolute Gasteiger partial charge is 0.267 e. The number of para-hydroxylation sites is 1. The molecular formula is C35H34N2O2S. The fraction of sp³-hybridized carbons (Fsp3) is 0.257. The normalized spacial score (nSPS) is 18.2. The summed E-state index contributed by atoms with van der Waals surface area (Å²) in [5.74, 6) is 0.878. The molecule has 2 fully saturated rings. The van der Waals surface area contributed by atoms with Crippen molar-refractivity contribution in [2.24, 2.45) is 4.99 Å². The van der Waals surface area contributed by atoms with Crippen LogP contribution in [0.3, 0.4) is 0 Å². The van der Waals surface area contributed by atoms with Crippen LogP contribution >= 0.6 is 11.8 Å². The second-order valence-electron chi connectivity index (χ2n) is 10.5. The molecule has 0 unspecified atom stereocenters. The number of hydrogen-bond donors (Lipinski definition) is 0. The molecule has 0 bridgehead atoms. The van der Waals surface area contributed by atoms with Crippen LogP contribution in [0.2, 0.25) is 0 Å². The summed E-state index contributed by atoms with van der Waals surface area (Å²) < 4.78 is 6.13. The van der Waals surface area contributed by atoms with Gasteiger partial charge in [0, 0.05) is 6.04 Å². The Balaban J connectivity index is 1.22. The number of thioether (sulfide) groups is 1. The molecule has 4 aromatic carbocycles. The molecule has 6 rings (SSSR count). The van der Waals surface area contributed by atoms with Gasteiger partial charge in [-0.1, -0.05) is 99.0 Å². The number of aliphatic imine (C=N–C) groups is 1. The Bertz CT molecular complexity index is 1560. The van der Waals surface area contributed by atoms with E-state index in [9.17, 15) is 4.79 Å². The molecule has 1 amide bonds. The monoisotopic (exact) mass is 546 g/mol. The molecule has 1 heterocycles. The van der Waals surface area contributed by atoms with Gasteiger partial charge in [0.1, 0.15) is 12.4 Å². The molecule has 4 aromatic rings. The summed E-state index contributed by atoms with van der Waals surface area (Å²) in [6, 6.07) is 31.1. The minimum Gasteiger partial charge on any atom is -0.489 e. The van der Waals surface area contributed by atoms with Crippen LogP contribution in [0.25, 0.3) is 16.8 Å². The molecule has 5 heteroatoms. The average Bonchev–Trinajstić information content (AvgIpc) is 3.31. The summed E-state index contributed by atoms with van der Waals surface area (Å²) in [5.41, 5.74) is 4.29. The number of aryl methyl sites for hydroxylation is 1. The predicted molar refractivity (Wildman–Crippen MR) is 167 cm³/mol. The number of amidine groups is 1. The zero-order valence-electron chi connectivity index (χ0n) is 22.9. The summed E-state index contributed by atoms with van der Waals surface area (Å²) in [7, 11) is 0. The molecule has 40 heavy (non-hydrogen) atoms. The number of hydrogen-bond acceptors (Lipinski definition) is 4. The fourth-order valence-corrected chi connectivity index (χ4v) is 6.69. The molecule has 202 valence electrons. The van der Waals surface area contributed by atoms with E-state index in [4.69, 9.17) is 9.73 Å². The van der Waals surface area contributed by atoms with E-state index in [2.05, 4.69) is 67.6 Å². The number of ether oxygens (including phenoxy) is 1. The van der Waals surface area contributed by atoms with Crippen LogP contribution in [0.1, 0.15) is 55.7 Å². The van der Waals surface area contributed by atoms with Gasteiger partial charge in [0.15, 0.2) is 5.17 Å². The number of carbonyl (C=O) groups excluding carboxylic acids is 1. The average molecular weight is 547 g/mol. The summed E-state index contributed by atoms with van der Waals surface area (Å²) in [4.78, 5) is 21.5. The maximum atomic E-state index is 13.7. The van der Waals surface area contributed by atoms with Gasteiger partial charge in [-0.25, -0.2) is 4.99 Å². The molecule has 1 aliphatic heterocycles. The van der Waals surface area contributed by atoms with Gasteiger partial charge in [0.25, 0.3) is 5.91 Å². The van der Waals surface area contributed by atoms with Crippen molar-refractivity contribution < 1.29 is 9.53 Å². The van der Waals surface area contributed by atoms with Gasteiger partial charge in [-0.3, -0.25) is 9.69 Å².